The molecule has 0 bridgehead atoms. The number of carbonyl (C=O) groups is 1. The molecule has 4 heteroatoms. The van der Waals surface area contributed by atoms with Gasteiger partial charge in [0.1, 0.15) is 5.60 Å². The second-order valence-corrected chi connectivity index (χ2v) is 7.60. The highest BCUT2D eigenvalue weighted by Crippen LogP contribution is 2.18. The number of benzene rings is 1. The molecule has 0 radical (unpaired) electrons. The van der Waals surface area contributed by atoms with Crippen molar-refractivity contribution in [2.45, 2.75) is 59.6 Å². The van der Waals surface area contributed by atoms with Crippen LogP contribution in [0.2, 0.25) is 0 Å². The van der Waals surface area contributed by atoms with Crippen LogP contribution in [0, 0.1) is 6.92 Å². The molecule has 22 heavy (non-hydrogen) atoms. The first-order valence-electron chi connectivity index (χ1n) is 7.80. The van der Waals surface area contributed by atoms with Crippen LogP contribution < -0.4 is 5.32 Å². The Morgan fingerprint density at radius 1 is 1.09 bits per heavy atom. The molecule has 0 spiro atoms. The first kappa shape index (κ1) is 18.3. The molecule has 1 amide bonds. The van der Waals surface area contributed by atoms with E-state index >= 15 is 0 Å². The zero-order chi connectivity index (χ0) is 17.0. The minimum absolute atomic E-state index is 0.272. The van der Waals surface area contributed by atoms with Crippen LogP contribution in [0.4, 0.5) is 10.5 Å². The van der Waals surface area contributed by atoms with Gasteiger partial charge in [-0.15, -0.1) is 0 Å². The summed E-state index contributed by atoms with van der Waals surface area (Å²) < 4.78 is 5.50. The van der Waals surface area contributed by atoms with E-state index in [-0.39, 0.29) is 11.6 Å². The summed E-state index contributed by atoms with van der Waals surface area (Å²) in [6, 6.07) is 8.23. The predicted molar refractivity (Wildman–Crippen MR) is 92.4 cm³/mol. The van der Waals surface area contributed by atoms with Crippen molar-refractivity contribution in [2.24, 2.45) is 0 Å². The summed E-state index contributed by atoms with van der Waals surface area (Å²) >= 11 is 0. The fourth-order valence-electron chi connectivity index (χ4n) is 2.00. The Balaban J connectivity index is 2.62. The maximum Gasteiger partial charge on any atom is 0.410 e. The lowest BCUT2D eigenvalue weighted by Gasteiger charge is -2.37. The van der Waals surface area contributed by atoms with Crippen molar-refractivity contribution in [2.75, 3.05) is 18.4 Å². The number of anilines is 1. The average molecular weight is 306 g/mol. The largest absolute Gasteiger partial charge is 0.444 e. The van der Waals surface area contributed by atoms with E-state index in [1.165, 1.54) is 5.56 Å². The predicted octanol–water partition coefficient (Wildman–Crippen LogP) is 4.44. The van der Waals surface area contributed by atoms with Gasteiger partial charge in [0.2, 0.25) is 0 Å². The molecule has 0 saturated heterocycles. The Kier molecular flexibility index (Phi) is 5.86. The fourth-order valence-corrected chi connectivity index (χ4v) is 2.00. The highest BCUT2D eigenvalue weighted by Gasteiger charge is 2.30. The van der Waals surface area contributed by atoms with Crippen molar-refractivity contribution >= 4 is 11.8 Å². The standard InChI is InChI=1S/C18H30N2O2/c1-14-8-10-15(11-9-14)19-12-13-20(17(2,3)4)16(21)22-18(5,6)7/h8-11,19H,12-13H2,1-7H3. The number of hydrogen-bond acceptors (Lipinski definition) is 3. The van der Waals surface area contributed by atoms with Crippen molar-refractivity contribution in [1.29, 1.82) is 0 Å². The average Bonchev–Trinajstić information content (AvgIpc) is 2.32. The van der Waals surface area contributed by atoms with Crippen LogP contribution in [-0.4, -0.2) is 35.2 Å². The van der Waals surface area contributed by atoms with Crippen LogP contribution in [0.25, 0.3) is 0 Å². The smallest absolute Gasteiger partial charge is 0.410 e. The van der Waals surface area contributed by atoms with Gasteiger partial charge in [0.25, 0.3) is 0 Å². The van der Waals surface area contributed by atoms with Crippen LogP contribution in [-0.2, 0) is 4.74 Å². The summed E-state index contributed by atoms with van der Waals surface area (Å²) in [5.74, 6) is 0. The van der Waals surface area contributed by atoms with E-state index in [0.29, 0.717) is 13.1 Å². The van der Waals surface area contributed by atoms with Crippen LogP contribution in [0.5, 0.6) is 0 Å². The van der Waals surface area contributed by atoms with Gasteiger partial charge in [-0.3, -0.25) is 0 Å². The highest BCUT2D eigenvalue weighted by molar-refractivity contribution is 5.69. The van der Waals surface area contributed by atoms with E-state index in [9.17, 15) is 4.79 Å². The summed E-state index contributed by atoms with van der Waals surface area (Å²) in [4.78, 5) is 14.1. The number of carbonyl (C=O) groups excluding carboxylic acids is 1. The minimum Gasteiger partial charge on any atom is -0.444 e. The molecular formula is C18H30N2O2. The van der Waals surface area contributed by atoms with E-state index in [1.807, 2.05) is 53.7 Å². The molecule has 4 nitrogen and oxygen atoms in total. The van der Waals surface area contributed by atoms with E-state index in [0.717, 1.165) is 5.69 Å². The first-order valence-corrected chi connectivity index (χ1v) is 7.80. The van der Waals surface area contributed by atoms with Gasteiger partial charge in [0.05, 0.1) is 0 Å². The molecule has 124 valence electrons. The SMILES string of the molecule is Cc1ccc(NCCN(C(=O)OC(C)(C)C)C(C)(C)C)cc1. The third-order valence-corrected chi connectivity index (χ3v) is 3.14. The number of rotatable bonds is 4. The molecule has 0 heterocycles. The second kappa shape index (κ2) is 7.03. The van der Waals surface area contributed by atoms with Crippen molar-refractivity contribution < 1.29 is 9.53 Å². The molecule has 1 rings (SSSR count). The normalized spacial score (nSPS) is 12.0. The van der Waals surface area contributed by atoms with Crippen molar-refractivity contribution in [3.8, 4) is 0 Å². The van der Waals surface area contributed by atoms with E-state index in [2.05, 4.69) is 24.4 Å². The van der Waals surface area contributed by atoms with Crippen LogP contribution in [0.1, 0.15) is 47.1 Å². The molecule has 0 aromatic heterocycles. The van der Waals surface area contributed by atoms with Crippen LogP contribution >= 0.6 is 0 Å². The Labute approximate surface area is 134 Å². The van der Waals surface area contributed by atoms with Crippen LogP contribution in [0.15, 0.2) is 24.3 Å². The Morgan fingerprint density at radius 3 is 2.09 bits per heavy atom. The van der Waals surface area contributed by atoms with E-state index in [1.54, 1.807) is 4.90 Å². The number of hydrogen-bond donors (Lipinski definition) is 1. The maximum atomic E-state index is 12.4. The molecule has 0 unspecified atom stereocenters. The molecule has 0 fully saturated rings. The van der Waals surface area contributed by atoms with Gasteiger partial charge in [-0.2, -0.15) is 0 Å². The Hall–Kier alpha value is -1.71. The van der Waals surface area contributed by atoms with Gasteiger partial charge in [-0.25, -0.2) is 4.79 Å². The zero-order valence-corrected chi connectivity index (χ0v) is 15.0. The highest BCUT2D eigenvalue weighted by atomic mass is 16.6. The fraction of sp³-hybridized carbons (Fsp3) is 0.611. The lowest BCUT2D eigenvalue weighted by atomic mass is 10.1. The third kappa shape index (κ3) is 6.37. The molecule has 0 aliphatic carbocycles. The number of nitrogens with one attached hydrogen (secondary N) is 1. The first-order chi connectivity index (χ1) is 9.99. The number of ether oxygens (including phenoxy) is 1. The summed E-state index contributed by atoms with van der Waals surface area (Å²) in [7, 11) is 0. The molecule has 1 aromatic rings. The number of nitrogens with zero attached hydrogens (tertiary/aromatic N) is 1. The third-order valence-electron chi connectivity index (χ3n) is 3.14. The summed E-state index contributed by atoms with van der Waals surface area (Å²) in [6.07, 6.45) is -0.272. The summed E-state index contributed by atoms with van der Waals surface area (Å²) in [5.41, 5.74) is 1.53. The van der Waals surface area contributed by atoms with Gasteiger partial charge in [-0.1, -0.05) is 17.7 Å². The molecule has 1 aromatic carbocycles. The zero-order valence-electron chi connectivity index (χ0n) is 15.0. The van der Waals surface area contributed by atoms with Crippen molar-refractivity contribution in [1.82, 2.24) is 4.90 Å². The van der Waals surface area contributed by atoms with Crippen molar-refractivity contribution in [3.05, 3.63) is 29.8 Å². The van der Waals surface area contributed by atoms with Gasteiger partial charge in [0, 0.05) is 24.3 Å². The van der Waals surface area contributed by atoms with E-state index < -0.39 is 5.60 Å². The van der Waals surface area contributed by atoms with Crippen LogP contribution in [0.3, 0.4) is 0 Å². The molecule has 0 saturated carbocycles. The summed E-state index contributed by atoms with van der Waals surface area (Å²) in [6.45, 7) is 15.0. The van der Waals surface area contributed by atoms with E-state index in [4.69, 9.17) is 4.74 Å². The molecule has 0 atom stereocenters. The monoisotopic (exact) mass is 306 g/mol. The van der Waals surface area contributed by atoms with Gasteiger partial charge < -0.3 is 15.0 Å². The molecule has 0 aliphatic heterocycles. The number of amides is 1. The molecule has 0 aliphatic rings. The van der Waals surface area contributed by atoms with Crippen molar-refractivity contribution in [3.63, 3.8) is 0 Å². The second-order valence-electron chi connectivity index (χ2n) is 7.60. The molecule has 1 N–H and O–H groups in total. The Bertz CT molecular complexity index is 481. The van der Waals surface area contributed by atoms with Gasteiger partial charge in [0.15, 0.2) is 0 Å². The lowest BCUT2D eigenvalue weighted by molar-refractivity contribution is 0.00749. The summed E-state index contributed by atoms with van der Waals surface area (Å²) in [5, 5.41) is 3.34. The minimum atomic E-state index is -0.481. The van der Waals surface area contributed by atoms with Gasteiger partial charge in [-0.05, 0) is 60.6 Å². The number of aryl methyl sites for hydroxylation is 1. The quantitative estimate of drug-likeness (QED) is 0.894. The Morgan fingerprint density at radius 2 is 1.64 bits per heavy atom. The topological polar surface area (TPSA) is 41.6 Å². The van der Waals surface area contributed by atoms with Gasteiger partial charge >= 0.3 is 6.09 Å². The maximum absolute atomic E-state index is 12.4. The lowest BCUT2D eigenvalue weighted by Crippen LogP contribution is -2.49. The molecular weight excluding hydrogens is 276 g/mol.